The Morgan fingerprint density at radius 1 is 1.21 bits per heavy atom. The van der Waals surface area contributed by atoms with Crippen LogP contribution in [0.25, 0.3) is 0 Å². The van der Waals surface area contributed by atoms with Gasteiger partial charge in [-0.15, -0.1) is 0 Å². The first-order valence-electron chi connectivity index (χ1n) is 5.97. The molecule has 0 saturated heterocycles. The van der Waals surface area contributed by atoms with Crippen molar-refractivity contribution in [3.63, 3.8) is 0 Å². The lowest BCUT2D eigenvalue weighted by Crippen LogP contribution is -2.23. The monoisotopic (exact) mass is 283 g/mol. The van der Waals surface area contributed by atoms with E-state index in [-0.39, 0.29) is 30.3 Å². The van der Waals surface area contributed by atoms with Crippen molar-refractivity contribution in [1.29, 1.82) is 0 Å². The quantitative estimate of drug-likeness (QED) is 0.863. The van der Waals surface area contributed by atoms with Crippen LogP contribution in [-0.2, 0) is 14.3 Å². The van der Waals surface area contributed by atoms with Gasteiger partial charge in [-0.25, -0.2) is 0 Å². The lowest BCUT2D eigenvalue weighted by molar-refractivity contribution is -0.149. The first kappa shape index (κ1) is 15.5. The third-order valence-electron chi connectivity index (χ3n) is 2.17. The fourth-order valence-electron chi connectivity index (χ4n) is 1.36. The zero-order chi connectivity index (χ0) is 14.5. The zero-order valence-electron chi connectivity index (χ0n) is 11.3. The molecule has 0 heterocycles. The summed E-state index contributed by atoms with van der Waals surface area (Å²) in [5, 5.41) is 3.20. The van der Waals surface area contributed by atoms with Crippen LogP contribution in [0.3, 0.4) is 0 Å². The van der Waals surface area contributed by atoms with E-state index in [9.17, 15) is 9.59 Å². The number of anilines is 1. The molecule has 0 atom stereocenters. The number of carbonyl (C=O) groups is 2. The molecule has 1 amide bonds. The van der Waals surface area contributed by atoms with Gasteiger partial charge in [-0.2, -0.15) is 0 Å². The molecule has 0 aliphatic rings. The van der Waals surface area contributed by atoms with E-state index in [1.54, 1.807) is 24.3 Å². The van der Waals surface area contributed by atoms with Gasteiger partial charge in [-0.1, -0.05) is 32.4 Å². The summed E-state index contributed by atoms with van der Waals surface area (Å²) in [5.41, 5.74) is 0.463. The highest BCUT2D eigenvalue weighted by Gasteiger charge is 2.17. The van der Waals surface area contributed by atoms with Crippen LogP contribution in [0.5, 0.6) is 0 Å². The molecular formula is C14H18ClNO3. The van der Waals surface area contributed by atoms with Crippen LogP contribution in [0.1, 0.15) is 27.2 Å². The SMILES string of the molecule is CC(C)(C)CC(=O)OCC(=O)Nc1ccc(Cl)cc1. The van der Waals surface area contributed by atoms with E-state index in [0.29, 0.717) is 10.7 Å². The molecule has 0 aliphatic carbocycles. The van der Waals surface area contributed by atoms with Crippen molar-refractivity contribution >= 4 is 29.2 Å². The van der Waals surface area contributed by atoms with Crippen molar-refractivity contribution in [2.24, 2.45) is 5.41 Å². The first-order chi connectivity index (χ1) is 8.76. The Hall–Kier alpha value is -1.55. The third kappa shape index (κ3) is 6.82. The van der Waals surface area contributed by atoms with Crippen molar-refractivity contribution in [2.45, 2.75) is 27.2 Å². The normalized spacial score (nSPS) is 10.9. The summed E-state index contributed by atoms with van der Waals surface area (Å²) in [4.78, 5) is 23.0. The minimum Gasteiger partial charge on any atom is -0.456 e. The summed E-state index contributed by atoms with van der Waals surface area (Å²) in [7, 11) is 0. The van der Waals surface area contributed by atoms with Gasteiger partial charge in [0.05, 0.1) is 6.42 Å². The van der Waals surface area contributed by atoms with Gasteiger partial charge in [0.15, 0.2) is 6.61 Å². The number of rotatable bonds is 4. The van der Waals surface area contributed by atoms with Gasteiger partial charge in [-0.3, -0.25) is 9.59 Å². The Labute approximate surface area is 118 Å². The second-order valence-corrected chi connectivity index (χ2v) is 5.89. The smallest absolute Gasteiger partial charge is 0.306 e. The van der Waals surface area contributed by atoms with Crippen LogP contribution in [0, 0.1) is 5.41 Å². The summed E-state index contributed by atoms with van der Waals surface area (Å²) < 4.78 is 4.90. The molecule has 104 valence electrons. The predicted octanol–water partition coefficient (Wildman–Crippen LogP) is 3.26. The lowest BCUT2D eigenvalue weighted by Gasteiger charge is -2.16. The van der Waals surface area contributed by atoms with E-state index in [1.807, 2.05) is 20.8 Å². The predicted molar refractivity (Wildman–Crippen MR) is 75.1 cm³/mol. The van der Waals surface area contributed by atoms with Crippen molar-refractivity contribution in [1.82, 2.24) is 0 Å². The van der Waals surface area contributed by atoms with Crippen molar-refractivity contribution < 1.29 is 14.3 Å². The number of benzene rings is 1. The summed E-state index contributed by atoms with van der Waals surface area (Å²) in [6.45, 7) is 5.52. The van der Waals surface area contributed by atoms with Gasteiger partial charge in [-0.05, 0) is 29.7 Å². The third-order valence-corrected chi connectivity index (χ3v) is 2.42. The number of hydrogen-bond acceptors (Lipinski definition) is 3. The van der Waals surface area contributed by atoms with Crippen molar-refractivity contribution in [2.75, 3.05) is 11.9 Å². The van der Waals surface area contributed by atoms with Crippen LogP contribution >= 0.6 is 11.6 Å². The topological polar surface area (TPSA) is 55.4 Å². The molecule has 0 aromatic heterocycles. The minimum absolute atomic E-state index is 0.149. The van der Waals surface area contributed by atoms with Gasteiger partial charge in [0.1, 0.15) is 0 Å². The molecule has 0 spiro atoms. The fourth-order valence-corrected chi connectivity index (χ4v) is 1.49. The van der Waals surface area contributed by atoms with Crippen LogP contribution in [0.4, 0.5) is 5.69 Å². The average Bonchev–Trinajstić information content (AvgIpc) is 2.27. The molecule has 0 saturated carbocycles. The second kappa shape index (κ2) is 6.57. The Bertz CT molecular complexity index is 449. The molecule has 0 unspecified atom stereocenters. The maximum absolute atomic E-state index is 11.5. The van der Waals surface area contributed by atoms with E-state index < -0.39 is 0 Å². The van der Waals surface area contributed by atoms with Gasteiger partial charge in [0.25, 0.3) is 5.91 Å². The van der Waals surface area contributed by atoms with E-state index in [4.69, 9.17) is 16.3 Å². The zero-order valence-corrected chi connectivity index (χ0v) is 12.1. The maximum Gasteiger partial charge on any atom is 0.306 e. The Balaban J connectivity index is 2.36. The van der Waals surface area contributed by atoms with Crippen LogP contribution in [0.2, 0.25) is 5.02 Å². The van der Waals surface area contributed by atoms with E-state index in [2.05, 4.69) is 5.32 Å². The highest BCUT2D eigenvalue weighted by molar-refractivity contribution is 6.30. The van der Waals surface area contributed by atoms with Crippen LogP contribution in [-0.4, -0.2) is 18.5 Å². The van der Waals surface area contributed by atoms with E-state index >= 15 is 0 Å². The largest absolute Gasteiger partial charge is 0.456 e. The Morgan fingerprint density at radius 2 is 1.79 bits per heavy atom. The average molecular weight is 284 g/mol. The number of halogens is 1. The van der Waals surface area contributed by atoms with Gasteiger partial charge in [0.2, 0.25) is 0 Å². The molecule has 0 radical (unpaired) electrons. The van der Waals surface area contributed by atoms with Crippen molar-refractivity contribution in [3.8, 4) is 0 Å². The molecule has 0 aliphatic heterocycles. The molecule has 1 N–H and O–H groups in total. The number of amides is 1. The summed E-state index contributed by atoms with van der Waals surface area (Å²) in [5.74, 6) is -0.747. The number of carbonyl (C=O) groups excluding carboxylic acids is 2. The van der Waals surface area contributed by atoms with E-state index in [0.717, 1.165) is 0 Å². The highest BCUT2D eigenvalue weighted by atomic mass is 35.5. The molecule has 5 heteroatoms. The molecule has 19 heavy (non-hydrogen) atoms. The maximum atomic E-state index is 11.5. The molecule has 0 bridgehead atoms. The number of esters is 1. The molecule has 1 aromatic rings. The second-order valence-electron chi connectivity index (χ2n) is 5.45. The minimum atomic E-state index is -0.376. The molecular weight excluding hydrogens is 266 g/mol. The number of ether oxygens (including phenoxy) is 1. The molecule has 1 rings (SSSR count). The summed E-state index contributed by atoms with van der Waals surface area (Å²) >= 11 is 5.73. The molecule has 0 fully saturated rings. The Kier molecular flexibility index (Phi) is 5.36. The van der Waals surface area contributed by atoms with Crippen LogP contribution < -0.4 is 5.32 Å². The van der Waals surface area contributed by atoms with Crippen molar-refractivity contribution in [3.05, 3.63) is 29.3 Å². The Morgan fingerprint density at radius 3 is 2.32 bits per heavy atom. The fraction of sp³-hybridized carbons (Fsp3) is 0.429. The van der Waals surface area contributed by atoms with Gasteiger partial charge < -0.3 is 10.1 Å². The van der Waals surface area contributed by atoms with Gasteiger partial charge >= 0.3 is 5.97 Å². The first-order valence-corrected chi connectivity index (χ1v) is 6.35. The highest BCUT2D eigenvalue weighted by Crippen LogP contribution is 2.18. The number of nitrogens with one attached hydrogen (secondary N) is 1. The molecule has 1 aromatic carbocycles. The standard InChI is InChI=1S/C14H18ClNO3/c1-14(2,3)8-13(18)19-9-12(17)16-11-6-4-10(15)5-7-11/h4-7H,8-9H2,1-3H3,(H,16,17). The van der Waals surface area contributed by atoms with Gasteiger partial charge in [0, 0.05) is 10.7 Å². The molecule has 4 nitrogen and oxygen atoms in total. The summed E-state index contributed by atoms with van der Waals surface area (Å²) in [6, 6.07) is 6.69. The van der Waals surface area contributed by atoms with E-state index in [1.165, 1.54) is 0 Å². The van der Waals surface area contributed by atoms with Crippen LogP contribution in [0.15, 0.2) is 24.3 Å². The summed E-state index contributed by atoms with van der Waals surface area (Å²) in [6.07, 6.45) is 0.279. The number of hydrogen-bond donors (Lipinski definition) is 1. The lowest BCUT2D eigenvalue weighted by atomic mass is 9.93.